The second-order valence-electron chi connectivity index (χ2n) is 5.88. The first kappa shape index (κ1) is 13.7. The van der Waals surface area contributed by atoms with Gasteiger partial charge < -0.3 is 15.0 Å². The third-order valence-electron chi connectivity index (χ3n) is 4.06. The molecule has 3 rings (SSSR count). The number of H-pyrrole nitrogens is 1. The Hall–Kier alpha value is -1.32. The van der Waals surface area contributed by atoms with Crippen LogP contribution in [0.15, 0.2) is 24.3 Å². The van der Waals surface area contributed by atoms with Gasteiger partial charge in [0.2, 0.25) is 0 Å². The van der Waals surface area contributed by atoms with Crippen molar-refractivity contribution >= 4 is 10.9 Å². The SMILES string of the molecule is CC(C)OCCNC1CCCc2c1[nH]c1ccccc21. The van der Waals surface area contributed by atoms with E-state index in [4.69, 9.17) is 4.74 Å². The molecule has 0 bridgehead atoms. The predicted molar refractivity (Wildman–Crippen MR) is 83.1 cm³/mol. The number of hydrogen-bond donors (Lipinski definition) is 2. The van der Waals surface area contributed by atoms with E-state index >= 15 is 0 Å². The summed E-state index contributed by atoms with van der Waals surface area (Å²) in [4.78, 5) is 3.61. The highest BCUT2D eigenvalue weighted by molar-refractivity contribution is 5.85. The van der Waals surface area contributed by atoms with Crippen molar-refractivity contribution in [1.82, 2.24) is 10.3 Å². The van der Waals surface area contributed by atoms with Crippen LogP contribution < -0.4 is 5.32 Å². The van der Waals surface area contributed by atoms with Crippen LogP contribution in [0.25, 0.3) is 10.9 Å². The molecule has 2 aromatic rings. The molecule has 0 fully saturated rings. The molecule has 108 valence electrons. The fourth-order valence-electron chi connectivity index (χ4n) is 3.15. The zero-order chi connectivity index (χ0) is 13.9. The number of benzene rings is 1. The highest BCUT2D eigenvalue weighted by atomic mass is 16.5. The van der Waals surface area contributed by atoms with E-state index in [1.54, 1.807) is 0 Å². The van der Waals surface area contributed by atoms with Gasteiger partial charge in [0.25, 0.3) is 0 Å². The Kier molecular flexibility index (Phi) is 4.08. The van der Waals surface area contributed by atoms with E-state index in [1.165, 1.54) is 41.4 Å². The van der Waals surface area contributed by atoms with Crippen molar-refractivity contribution in [3.8, 4) is 0 Å². The summed E-state index contributed by atoms with van der Waals surface area (Å²) in [5.74, 6) is 0. The molecule has 1 aromatic heterocycles. The Morgan fingerprint density at radius 2 is 2.20 bits per heavy atom. The van der Waals surface area contributed by atoms with Crippen molar-refractivity contribution < 1.29 is 4.74 Å². The monoisotopic (exact) mass is 272 g/mol. The third-order valence-corrected chi connectivity index (χ3v) is 4.06. The van der Waals surface area contributed by atoms with Crippen molar-refractivity contribution in [3.05, 3.63) is 35.5 Å². The van der Waals surface area contributed by atoms with Crippen LogP contribution in [0.2, 0.25) is 0 Å². The summed E-state index contributed by atoms with van der Waals surface area (Å²) in [5.41, 5.74) is 4.17. The molecule has 0 amide bonds. The van der Waals surface area contributed by atoms with Gasteiger partial charge in [-0.1, -0.05) is 18.2 Å². The van der Waals surface area contributed by atoms with E-state index in [0.29, 0.717) is 12.1 Å². The minimum absolute atomic E-state index is 0.312. The van der Waals surface area contributed by atoms with Gasteiger partial charge in [-0.3, -0.25) is 0 Å². The topological polar surface area (TPSA) is 37.0 Å². The van der Waals surface area contributed by atoms with Crippen LogP contribution >= 0.6 is 0 Å². The van der Waals surface area contributed by atoms with E-state index in [-0.39, 0.29) is 0 Å². The Labute approximate surface area is 120 Å². The molecule has 0 saturated heterocycles. The average molecular weight is 272 g/mol. The molecule has 1 heterocycles. The number of fused-ring (bicyclic) bond motifs is 3. The van der Waals surface area contributed by atoms with Crippen molar-refractivity contribution in [2.75, 3.05) is 13.2 Å². The van der Waals surface area contributed by atoms with Gasteiger partial charge in [0.15, 0.2) is 0 Å². The van der Waals surface area contributed by atoms with E-state index < -0.39 is 0 Å². The van der Waals surface area contributed by atoms with E-state index in [2.05, 4.69) is 48.4 Å². The van der Waals surface area contributed by atoms with Crippen LogP contribution in [0, 0.1) is 0 Å². The summed E-state index contributed by atoms with van der Waals surface area (Å²) in [6.45, 7) is 5.86. The molecule has 3 nitrogen and oxygen atoms in total. The number of aryl methyl sites for hydroxylation is 1. The van der Waals surface area contributed by atoms with E-state index in [0.717, 1.165) is 13.2 Å². The molecular formula is C17H24N2O. The molecular weight excluding hydrogens is 248 g/mol. The molecule has 2 N–H and O–H groups in total. The lowest BCUT2D eigenvalue weighted by molar-refractivity contribution is 0.0789. The summed E-state index contributed by atoms with van der Waals surface area (Å²) in [6.07, 6.45) is 3.98. The van der Waals surface area contributed by atoms with E-state index in [1.807, 2.05) is 0 Å². The molecule has 1 atom stereocenters. The van der Waals surface area contributed by atoms with Crippen molar-refractivity contribution in [2.45, 2.75) is 45.3 Å². The van der Waals surface area contributed by atoms with Crippen molar-refractivity contribution in [1.29, 1.82) is 0 Å². The smallest absolute Gasteiger partial charge is 0.0594 e. The Morgan fingerprint density at radius 1 is 1.35 bits per heavy atom. The Balaban J connectivity index is 1.73. The lowest BCUT2D eigenvalue weighted by Crippen LogP contribution is -2.29. The second-order valence-corrected chi connectivity index (χ2v) is 5.88. The Bertz CT molecular complexity index is 573. The molecule has 1 unspecified atom stereocenters. The van der Waals surface area contributed by atoms with Crippen LogP contribution in [0.1, 0.15) is 44.0 Å². The minimum atomic E-state index is 0.312. The first-order chi connectivity index (χ1) is 9.75. The third kappa shape index (κ3) is 2.74. The van der Waals surface area contributed by atoms with Crippen molar-refractivity contribution in [3.63, 3.8) is 0 Å². The summed E-state index contributed by atoms with van der Waals surface area (Å²) >= 11 is 0. The predicted octanol–water partition coefficient (Wildman–Crippen LogP) is 3.56. The molecule has 3 heteroatoms. The van der Waals surface area contributed by atoms with Crippen LogP contribution in [-0.4, -0.2) is 24.2 Å². The van der Waals surface area contributed by atoms with Crippen LogP contribution in [0.4, 0.5) is 0 Å². The molecule has 1 aliphatic carbocycles. The largest absolute Gasteiger partial charge is 0.377 e. The maximum atomic E-state index is 5.61. The highest BCUT2D eigenvalue weighted by Gasteiger charge is 2.23. The number of hydrogen-bond acceptors (Lipinski definition) is 2. The van der Waals surface area contributed by atoms with Crippen LogP contribution in [0.5, 0.6) is 0 Å². The first-order valence-corrected chi connectivity index (χ1v) is 7.70. The zero-order valence-corrected chi connectivity index (χ0v) is 12.4. The quantitative estimate of drug-likeness (QED) is 0.817. The maximum absolute atomic E-state index is 5.61. The standard InChI is InChI=1S/C17H24N2O/c1-12(2)20-11-10-18-16-9-5-7-14-13-6-3-4-8-15(13)19-17(14)16/h3-4,6,8,12,16,18-19H,5,7,9-11H2,1-2H3. The minimum Gasteiger partial charge on any atom is -0.377 e. The molecule has 0 spiro atoms. The molecule has 0 radical (unpaired) electrons. The highest BCUT2D eigenvalue weighted by Crippen LogP contribution is 2.34. The number of nitrogens with one attached hydrogen (secondary N) is 2. The van der Waals surface area contributed by atoms with Gasteiger partial charge in [-0.2, -0.15) is 0 Å². The van der Waals surface area contributed by atoms with Crippen LogP contribution in [-0.2, 0) is 11.2 Å². The van der Waals surface area contributed by atoms with Gasteiger partial charge in [0.1, 0.15) is 0 Å². The lowest BCUT2D eigenvalue weighted by Gasteiger charge is -2.24. The molecule has 0 aliphatic heterocycles. The van der Waals surface area contributed by atoms with Crippen LogP contribution in [0.3, 0.4) is 0 Å². The fourth-order valence-corrected chi connectivity index (χ4v) is 3.15. The number of rotatable bonds is 5. The molecule has 1 aliphatic rings. The molecule has 0 saturated carbocycles. The van der Waals surface area contributed by atoms with Gasteiger partial charge in [-0.15, -0.1) is 0 Å². The second kappa shape index (κ2) is 5.98. The molecule has 1 aromatic carbocycles. The number of ether oxygens (including phenoxy) is 1. The first-order valence-electron chi connectivity index (χ1n) is 7.70. The number of aromatic nitrogens is 1. The summed E-state index contributed by atoms with van der Waals surface area (Å²) in [6, 6.07) is 9.08. The lowest BCUT2D eigenvalue weighted by atomic mass is 9.92. The average Bonchev–Trinajstić information content (AvgIpc) is 2.83. The number of aromatic amines is 1. The van der Waals surface area contributed by atoms with Gasteiger partial charge in [0, 0.05) is 29.2 Å². The summed E-state index contributed by atoms with van der Waals surface area (Å²) < 4.78 is 5.61. The summed E-state index contributed by atoms with van der Waals surface area (Å²) in [7, 11) is 0. The summed E-state index contributed by atoms with van der Waals surface area (Å²) in [5, 5.41) is 5.03. The fraction of sp³-hybridized carbons (Fsp3) is 0.529. The normalized spacial score (nSPS) is 18.6. The number of para-hydroxylation sites is 1. The zero-order valence-electron chi connectivity index (χ0n) is 12.4. The van der Waals surface area contributed by atoms with Gasteiger partial charge in [-0.05, 0) is 44.7 Å². The van der Waals surface area contributed by atoms with Gasteiger partial charge in [-0.25, -0.2) is 0 Å². The van der Waals surface area contributed by atoms with Gasteiger partial charge >= 0.3 is 0 Å². The van der Waals surface area contributed by atoms with Crippen molar-refractivity contribution in [2.24, 2.45) is 0 Å². The molecule has 20 heavy (non-hydrogen) atoms. The Morgan fingerprint density at radius 3 is 3.05 bits per heavy atom. The van der Waals surface area contributed by atoms with Gasteiger partial charge in [0.05, 0.1) is 12.7 Å². The van der Waals surface area contributed by atoms with E-state index in [9.17, 15) is 0 Å². The maximum Gasteiger partial charge on any atom is 0.0594 e.